The number of aromatic nitrogens is 1. The fourth-order valence-corrected chi connectivity index (χ4v) is 2.45. The van der Waals surface area contributed by atoms with Gasteiger partial charge < -0.3 is 10.1 Å². The minimum absolute atomic E-state index is 0.00511. The lowest BCUT2D eigenvalue weighted by Crippen LogP contribution is -2.09. The van der Waals surface area contributed by atoms with Crippen molar-refractivity contribution in [3.63, 3.8) is 0 Å². The summed E-state index contributed by atoms with van der Waals surface area (Å²) in [4.78, 5) is 15.8. The Hall–Kier alpha value is -1.62. The highest BCUT2D eigenvalue weighted by atomic mass is 32.1. The van der Waals surface area contributed by atoms with Crippen molar-refractivity contribution in [1.82, 2.24) is 4.98 Å². The Kier molecular flexibility index (Phi) is 3.58. The maximum Gasteiger partial charge on any atom is 0.226 e. The lowest BCUT2D eigenvalue weighted by atomic mass is 10.3. The van der Waals surface area contributed by atoms with E-state index in [2.05, 4.69) is 10.3 Å². The van der Waals surface area contributed by atoms with Gasteiger partial charge >= 0.3 is 0 Å². The smallest absolute Gasteiger partial charge is 0.226 e. The van der Waals surface area contributed by atoms with Crippen molar-refractivity contribution in [3.05, 3.63) is 18.2 Å². The fraction of sp³-hybridized carbons (Fsp3) is 0.333. The molecule has 1 N–H and O–H groups in total. The summed E-state index contributed by atoms with van der Waals surface area (Å²) < 4.78 is 6.24. The molecule has 0 radical (unpaired) electrons. The summed E-state index contributed by atoms with van der Waals surface area (Å²) in [6.07, 6.45) is 1.35. The zero-order valence-electron chi connectivity index (χ0n) is 9.82. The van der Waals surface area contributed by atoms with Crippen LogP contribution in [0.1, 0.15) is 19.8 Å². The van der Waals surface area contributed by atoms with E-state index in [1.807, 2.05) is 25.1 Å². The Balaban J connectivity index is 2.28. The molecule has 90 valence electrons. The number of hydrogen-bond acceptors (Lipinski definition) is 4. The molecule has 0 unspecified atom stereocenters. The number of nitrogens with one attached hydrogen (secondary N) is 1. The first kappa shape index (κ1) is 11.9. The Bertz CT molecular complexity index is 536. The van der Waals surface area contributed by atoms with Crippen LogP contribution >= 0.6 is 11.3 Å². The zero-order chi connectivity index (χ0) is 12.3. The number of hydrogen-bond donors (Lipinski definition) is 1. The van der Waals surface area contributed by atoms with Crippen LogP contribution in [0.5, 0.6) is 5.75 Å². The first-order chi connectivity index (χ1) is 8.24. The van der Waals surface area contributed by atoms with Gasteiger partial charge in [-0.2, -0.15) is 0 Å². The lowest BCUT2D eigenvalue weighted by Gasteiger charge is -1.98. The second-order valence-electron chi connectivity index (χ2n) is 3.62. The predicted octanol–water partition coefficient (Wildman–Crippen LogP) is 3.04. The molecule has 2 rings (SSSR count). The molecule has 0 bridgehead atoms. The van der Waals surface area contributed by atoms with Gasteiger partial charge in [0, 0.05) is 6.42 Å². The summed E-state index contributed by atoms with van der Waals surface area (Å²) in [5.74, 6) is 0.736. The van der Waals surface area contributed by atoms with E-state index in [0.29, 0.717) is 11.6 Å². The molecule has 1 aromatic carbocycles. The molecule has 17 heavy (non-hydrogen) atoms. The number of nitrogens with zero attached hydrogens (tertiary/aromatic N) is 1. The van der Waals surface area contributed by atoms with Crippen LogP contribution in [0.2, 0.25) is 0 Å². The largest absolute Gasteiger partial charge is 0.494 e. The number of methoxy groups -OCH3 is 1. The van der Waals surface area contributed by atoms with Crippen LogP contribution < -0.4 is 10.1 Å². The van der Waals surface area contributed by atoms with Crippen molar-refractivity contribution in [2.24, 2.45) is 0 Å². The van der Waals surface area contributed by atoms with E-state index in [4.69, 9.17) is 4.74 Å². The summed E-state index contributed by atoms with van der Waals surface area (Å²) in [5.41, 5.74) is 0.798. The van der Waals surface area contributed by atoms with Gasteiger partial charge in [0.05, 0.1) is 11.8 Å². The van der Waals surface area contributed by atoms with Gasteiger partial charge in [-0.1, -0.05) is 24.3 Å². The standard InChI is InChI=1S/C12H14N2O2S/c1-3-5-10(15)13-12-14-11-8(16-2)6-4-7-9(11)17-12/h4,6-7H,3,5H2,1-2H3,(H,13,14,15). The molecule has 0 spiro atoms. The summed E-state index contributed by atoms with van der Waals surface area (Å²) >= 11 is 1.46. The number of para-hydroxylation sites is 1. The van der Waals surface area contributed by atoms with E-state index in [1.54, 1.807) is 7.11 Å². The molecule has 0 aliphatic carbocycles. The number of fused-ring (bicyclic) bond motifs is 1. The molecule has 2 aromatic rings. The number of thiazole rings is 1. The number of amides is 1. The Labute approximate surface area is 104 Å². The average molecular weight is 250 g/mol. The predicted molar refractivity (Wildman–Crippen MR) is 69.7 cm³/mol. The van der Waals surface area contributed by atoms with Crippen molar-refractivity contribution in [2.45, 2.75) is 19.8 Å². The van der Waals surface area contributed by atoms with Gasteiger partial charge in [-0.05, 0) is 18.6 Å². The minimum Gasteiger partial charge on any atom is -0.494 e. The number of benzene rings is 1. The van der Waals surface area contributed by atoms with Crippen LogP contribution in [0, 0.1) is 0 Å². The fourth-order valence-electron chi connectivity index (χ4n) is 1.55. The van der Waals surface area contributed by atoms with Crippen molar-refractivity contribution >= 4 is 32.6 Å². The Morgan fingerprint density at radius 2 is 2.35 bits per heavy atom. The van der Waals surface area contributed by atoms with E-state index < -0.39 is 0 Å². The van der Waals surface area contributed by atoms with E-state index in [9.17, 15) is 4.79 Å². The second-order valence-corrected chi connectivity index (χ2v) is 4.65. The number of rotatable bonds is 4. The SMILES string of the molecule is CCCC(=O)Nc1nc2c(OC)cccc2s1. The molecule has 0 fully saturated rings. The molecule has 0 saturated heterocycles. The Morgan fingerprint density at radius 1 is 1.53 bits per heavy atom. The summed E-state index contributed by atoms with van der Waals surface area (Å²) in [5, 5.41) is 3.42. The number of ether oxygens (including phenoxy) is 1. The minimum atomic E-state index is 0.00511. The molecule has 0 aliphatic heterocycles. The van der Waals surface area contributed by atoms with E-state index >= 15 is 0 Å². The van der Waals surface area contributed by atoms with Crippen LogP contribution in [0.15, 0.2) is 18.2 Å². The monoisotopic (exact) mass is 250 g/mol. The highest BCUT2D eigenvalue weighted by molar-refractivity contribution is 7.22. The highest BCUT2D eigenvalue weighted by Gasteiger charge is 2.10. The molecular weight excluding hydrogens is 236 g/mol. The third-order valence-corrected chi connectivity index (χ3v) is 3.26. The van der Waals surface area contributed by atoms with Gasteiger partial charge in [-0.15, -0.1) is 0 Å². The molecule has 5 heteroatoms. The van der Waals surface area contributed by atoms with Crippen LogP contribution in [-0.2, 0) is 4.79 Å². The number of anilines is 1. The molecule has 1 aromatic heterocycles. The van der Waals surface area contributed by atoms with E-state index in [-0.39, 0.29) is 5.91 Å². The maximum atomic E-state index is 11.5. The van der Waals surface area contributed by atoms with Crippen LogP contribution in [-0.4, -0.2) is 18.0 Å². The second kappa shape index (κ2) is 5.14. The molecule has 1 amide bonds. The summed E-state index contributed by atoms with van der Waals surface area (Å²) in [7, 11) is 1.61. The quantitative estimate of drug-likeness (QED) is 0.907. The van der Waals surface area contributed by atoms with Crippen molar-refractivity contribution < 1.29 is 9.53 Å². The molecule has 4 nitrogen and oxygen atoms in total. The topological polar surface area (TPSA) is 51.2 Å². The van der Waals surface area contributed by atoms with Crippen molar-refractivity contribution in [2.75, 3.05) is 12.4 Å². The highest BCUT2D eigenvalue weighted by Crippen LogP contribution is 2.32. The molecule has 1 heterocycles. The summed E-state index contributed by atoms with van der Waals surface area (Å²) in [6.45, 7) is 1.97. The van der Waals surface area contributed by atoms with Gasteiger partial charge in [-0.3, -0.25) is 4.79 Å². The number of carbonyl (C=O) groups excluding carboxylic acids is 1. The summed E-state index contributed by atoms with van der Waals surface area (Å²) in [6, 6.07) is 5.74. The molecule has 0 atom stereocenters. The van der Waals surface area contributed by atoms with Gasteiger partial charge in [0.25, 0.3) is 0 Å². The van der Waals surface area contributed by atoms with Crippen molar-refractivity contribution in [1.29, 1.82) is 0 Å². The van der Waals surface area contributed by atoms with Gasteiger partial charge in [0.1, 0.15) is 11.3 Å². The van der Waals surface area contributed by atoms with Crippen LogP contribution in [0.25, 0.3) is 10.2 Å². The van der Waals surface area contributed by atoms with Gasteiger partial charge in [0.2, 0.25) is 5.91 Å². The normalized spacial score (nSPS) is 10.5. The van der Waals surface area contributed by atoms with E-state index in [1.165, 1.54) is 11.3 Å². The van der Waals surface area contributed by atoms with Crippen LogP contribution in [0.4, 0.5) is 5.13 Å². The third-order valence-electron chi connectivity index (χ3n) is 2.33. The molecule has 0 aliphatic rings. The zero-order valence-corrected chi connectivity index (χ0v) is 10.6. The van der Waals surface area contributed by atoms with E-state index in [0.717, 1.165) is 22.4 Å². The molecular formula is C12H14N2O2S. The first-order valence-electron chi connectivity index (χ1n) is 5.48. The number of carbonyl (C=O) groups is 1. The Morgan fingerprint density at radius 3 is 3.06 bits per heavy atom. The first-order valence-corrected chi connectivity index (χ1v) is 6.29. The maximum absolute atomic E-state index is 11.5. The average Bonchev–Trinajstić information content (AvgIpc) is 2.70. The van der Waals surface area contributed by atoms with Crippen LogP contribution in [0.3, 0.4) is 0 Å². The molecule has 0 saturated carbocycles. The third kappa shape index (κ3) is 2.55. The van der Waals surface area contributed by atoms with Gasteiger partial charge in [-0.25, -0.2) is 4.98 Å². The lowest BCUT2D eigenvalue weighted by molar-refractivity contribution is -0.116. The van der Waals surface area contributed by atoms with Gasteiger partial charge in [0.15, 0.2) is 5.13 Å². The van der Waals surface area contributed by atoms with Crippen molar-refractivity contribution in [3.8, 4) is 5.75 Å².